The minimum Gasteiger partial charge on any atom is -0.489 e. The van der Waals surface area contributed by atoms with Crippen molar-refractivity contribution in [1.82, 2.24) is 10.6 Å². The third-order valence-corrected chi connectivity index (χ3v) is 5.88. The van der Waals surface area contributed by atoms with Gasteiger partial charge in [-0.05, 0) is 75.2 Å². The van der Waals surface area contributed by atoms with Crippen LogP contribution in [-0.4, -0.2) is 61.8 Å². The number of nitrogens with one attached hydrogen (secondary N) is 2. The average Bonchev–Trinajstić information content (AvgIpc) is 2.81. The summed E-state index contributed by atoms with van der Waals surface area (Å²) in [5.41, 5.74) is 2.13. The Hall–Kier alpha value is -1.54. The summed E-state index contributed by atoms with van der Waals surface area (Å²) >= 11 is 12.2. The first-order chi connectivity index (χ1) is 16.3. The molecule has 2 unspecified atom stereocenters. The molecule has 2 rings (SSSR count). The summed E-state index contributed by atoms with van der Waals surface area (Å²) in [6.45, 7) is 7.03. The van der Waals surface area contributed by atoms with E-state index in [0.29, 0.717) is 34.6 Å². The zero-order valence-corrected chi connectivity index (χ0v) is 21.7. The van der Waals surface area contributed by atoms with Crippen molar-refractivity contribution in [3.63, 3.8) is 0 Å². The molecule has 0 aliphatic rings. The van der Waals surface area contributed by atoms with E-state index in [4.69, 9.17) is 32.7 Å². The Morgan fingerprint density at radius 3 is 1.53 bits per heavy atom. The number of hydrogen-bond donors (Lipinski definition) is 4. The highest BCUT2D eigenvalue weighted by atomic mass is 35.5. The van der Waals surface area contributed by atoms with Crippen LogP contribution in [0.15, 0.2) is 36.4 Å². The Morgan fingerprint density at radius 1 is 0.706 bits per heavy atom. The van der Waals surface area contributed by atoms with E-state index in [1.54, 1.807) is 12.1 Å². The van der Waals surface area contributed by atoms with Crippen molar-refractivity contribution in [3.8, 4) is 11.5 Å². The van der Waals surface area contributed by atoms with Crippen molar-refractivity contribution in [2.75, 3.05) is 39.4 Å². The van der Waals surface area contributed by atoms with E-state index < -0.39 is 12.2 Å². The summed E-state index contributed by atoms with van der Waals surface area (Å²) in [5, 5.41) is 27.8. The summed E-state index contributed by atoms with van der Waals surface area (Å²) < 4.78 is 11.2. The molecular formula is C26H38Cl2N2O4. The van der Waals surface area contributed by atoms with Gasteiger partial charge in [0.1, 0.15) is 36.9 Å². The second-order valence-corrected chi connectivity index (χ2v) is 9.43. The Kier molecular flexibility index (Phi) is 13.7. The monoisotopic (exact) mass is 512 g/mol. The summed E-state index contributed by atoms with van der Waals surface area (Å²) in [6.07, 6.45) is 3.14. The van der Waals surface area contributed by atoms with Crippen LogP contribution < -0.4 is 20.1 Å². The molecule has 0 fully saturated rings. The molecule has 4 N–H and O–H groups in total. The molecule has 0 aliphatic heterocycles. The Labute approximate surface area is 213 Å². The van der Waals surface area contributed by atoms with E-state index in [2.05, 4.69) is 10.6 Å². The highest BCUT2D eigenvalue weighted by molar-refractivity contribution is 6.32. The molecule has 190 valence electrons. The molecule has 0 saturated carbocycles. The van der Waals surface area contributed by atoms with Crippen LogP contribution in [0.5, 0.6) is 11.5 Å². The highest BCUT2D eigenvalue weighted by Crippen LogP contribution is 2.26. The van der Waals surface area contributed by atoms with Crippen LogP contribution >= 0.6 is 23.2 Å². The largest absolute Gasteiger partial charge is 0.489 e. The topological polar surface area (TPSA) is 83.0 Å². The van der Waals surface area contributed by atoms with Crippen LogP contribution in [0.2, 0.25) is 10.0 Å². The number of rotatable bonds is 17. The van der Waals surface area contributed by atoms with Crippen molar-refractivity contribution >= 4 is 23.2 Å². The van der Waals surface area contributed by atoms with E-state index in [0.717, 1.165) is 49.9 Å². The van der Waals surface area contributed by atoms with Crippen molar-refractivity contribution in [3.05, 3.63) is 57.6 Å². The predicted octanol–water partition coefficient (Wildman–Crippen LogP) is 4.53. The van der Waals surface area contributed by atoms with Crippen molar-refractivity contribution in [2.45, 2.75) is 51.7 Å². The molecule has 2 atom stereocenters. The molecule has 2 aromatic carbocycles. The maximum atomic E-state index is 10.1. The van der Waals surface area contributed by atoms with E-state index in [9.17, 15) is 10.2 Å². The second-order valence-electron chi connectivity index (χ2n) is 8.62. The van der Waals surface area contributed by atoms with Crippen molar-refractivity contribution in [1.29, 1.82) is 0 Å². The number of aliphatic hydroxyl groups is 2. The van der Waals surface area contributed by atoms with Gasteiger partial charge in [-0.1, -0.05) is 48.2 Å². The van der Waals surface area contributed by atoms with E-state index in [-0.39, 0.29) is 13.2 Å². The van der Waals surface area contributed by atoms with Crippen LogP contribution in [0.25, 0.3) is 0 Å². The van der Waals surface area contributed by atoms with E-state index in [1.807, 2.05) is 38.1 Å². The third kappa shape index (κ3) is 11.7. The lowest BCUT2D eigenvalue weighted by Gasteiger charge is -2.15. The molecule has 0 aliphatic carbocycles. The highest BCUT2D eigenvalue weighted by Gasteiger charge is 2.09. The number of ether oxygens (including phenoxy) is 2. The first-order valence-corrected chi connectivity index (χ1v) is 12.7. The smallest absolute Gasteiger partial charge is 0.138 e. The molecule has 8 heteroatoms. The quantitative estimate of drug-likeness (QED) is 0.233. The normalized spacial score (nSPS) is 13.0. The first kappa shape index (κ1) is 28.7. The standard InChI is InChI=1S/C26H38Cl2N2O4/c1-19-7-9-23(27)25(13-19)33-17-21(31)15-29-11-5-3-4-6-12-30-16-22(32)18-34-26-14-20(2)8-10-24(26)28/h7-10,13-14,21-22,29-32H,3-6,11-12,15-18H2,1-2H3. The minimum atomic E-state index is -0.585. The number of benzene rings is 2. The lowest BCUT2D eigenvalue weighted by Crippen LogP contribution is -2.32. The lowest BCUT2D eigenvalue weighted by atomic mass is 10.2. The molecule has 0 amide bonds. The van der Waals surface area contributed by atoms with Gasteiger partial charge in [-0.25, -0.2) is 0 Å². The second kappa shape index (κ2) is 16.2. The number of aryl methyl sites for hydroxylation is 2. The van der Waals surface area contributed by atoms with Gasteiger partial charge in [0.2, 0.25) is 0 Å². The van der Waals surface area contributed by atoms with Crippen LogP contribution in [0, 0.1) is 13.8 Å². The van der Waals surface area contributed by atoms with Gasteiger partial charge in [0.25, 0.3) is 0 Å². The summed E-state index contributed by atoms with van der Waals surface area (Å²) in [4.78, 5) is 0. The molecule has 34 heavy (non-hydrogen) atoms. The SMILES string of the molecule is Cc1ccc(Cl)c(OCC(O)CNCCCCCCNCC(O)COc2cc(C)ccc2Cl)c1. The van der Waals surface area contributed by atoms with Gasteiger partial charge in [0.05, 0.1) is 10.0 Å². The van der Waals surface area contributed by atoms with Gasteiger partial charge in [-0.2, -0.15) is 0 Å². The van der Waals surface area contributed by atoms with Gasteiger partial charge < -0.3 is 30.3 Å². The van der Waals surface area contributed by atoms with Gasteiger partial charge >= 0.3 is 0 Å². The maximum absolute atomic E-state index is 10.1. The lowest BCUT2D eigenvalue weighted by molar-refractivity contribution is 0.106. The molecular weight excluding hydrogens is 475 g/mol. The molecule has 0 aromatic heterocycles. The Morgan fingerprint density at radius 2 is 1.12 bits per heavy atom. The minimum absolute atomic E-state index is 0.205. The molecule has 2 aromatic rings. The van der Waals surface area contributed by atoms with Gasteiger partial charge in [0.15, 0.2) is 0 Å². The summed E-state index contributed by atoms with van der Waals surface area (Å²) in [7, 11) is 0. The van der Waals surface area contributed by atoms with E-state index >= 15 is 0 Å². The van der Waals surface area contributed by atoms with Crippen molar-refractivity contribution in [2.24, 2.45) is 0 Å². The predicted molar refractivity (Wildman–Crippen MR) is 140 cm³/mol. The fraction of sp³-hybridized carbons (Fsp3) is 0.538. The van der Waals surface area contributed by atoms with Gasteiger partial charge in [-0.15, -0.1) is 0 Å². The summed E-state index contributed by atoms with van der Waals surface area (Å²) in [6, 6.07) is 11.2. The number of unbranched alkanes of at least 4 members (excludes halogenated alkanes) is 3. The number of halogens is 2. The fourth-order valence-electron chi connectivity index (χ4n) is 3.32. The third-order valence-electron chi connectivity index (χ3n) is 5.25. The summed E-state index contributed by atoms with van der Waals surface area (Å²) in [5.74, 6) is 1.20. The number of aliphatic hydroxyl groups excluding tert-OH is 2. The molecule has 0 saturated heterocycles. The zero-order chi connectivity index (χ0) is 24.8. The average molecular weight is 514 g/mol. The fourth-order valence-corrected chi connectivity index (χ4v) is 3.67. The molecule has 0 radical (unpaired) electrons. The zero-order valence-electron chi connectivity index (χ0n) is 20.2. The van der Waals surface area contributed by atoms with Crippen LogP contribution in [-0.2, 0) is 0 Å². The van der Waals surface area contributed by atoms with Gasteiger partial charge in [0, 0.05) is 13.1 Å². The van der Waals surface area contributed by atoms with E-state index in [1.165, 1.54) is 0 Å². The molecule has 0 heterocycles. The Bertz CT molecular complexity index is 784. The first-order valence-electron chi connectivity index (χ1n) is 11.9. The molecule has 0 bridgehead atoms. The number of hydrogen-bond acceptors (Lipinski definition) is 6. The van der Waals surface area contributed by atoms with Crippen LogP contribution in [0.3, 0.4) is 0 Å². The van der Waals surface area contributed by atoms with Crippen molar-refractivity contribution < 1.29 is 19.7 Å². The van der Waals surface area contributed by atoms with Crippen LogP contribution in [0.1, 0.15) is 36.8 Å². The molecule has 6 nitrogen and oxygen atoms in total. The maximum Gasteiger partial charge on any atom is 0.138 e. The van der Waals surface area contributed by atoms with Gasteiger partial charge in [-0.3, -0.25) is 0 Å². The van der Waals surface area contributed by atoms with Crippen LogP contribution in [0.4, 0.5) is 0 Å². The Balaban J connectivity index is 1.41. The molecule has 0 spiro atoms.